The molecule has 0 saturated carbocycles. The van der Waals surface area contributed by atoms with Crippen LogP contribution in [-0.4, -0.2) is 25.0 Å². The fraction of sp³-hybridized carbons (Fsp3) is 0.120. The highest BCUT2D eigenvalue weighted by Gasteiger charge is 2.08. The van der Waals surface area contributed by atoms with Gasteiger partial charge in [-0.1, -0.05) is 55.1 Å². The van der Waals surface area contributed by atoms with Crippen molar-refractivity contribution in [3.05, 3.63) is 103 Å². The molecule has 6 heteroatoms. The Labute approximate surface area is 181 Å². The zero-order chi connectivity index (χ0) is 21.9. The van der Waals surface area contributed by atoms with Crippen molar-refractivity contribution in [2.75, 3.05) is 23.8 Å². The van der Waals surface area contributed by atoms with E-state index < -0.39 is 0 Å². The van der Waals surface area contributed by atoms with Gasteiger partial charge in [-0.2, -0.15) is 0 Å². The summed E-state index contributed by atoms with van der Waals surface area (Å²) in [5, 5.41) is 8.76. The van der Waals surface area contributed by atoms with Crippen molar-refractivity contribution < 1.29 is 14.3 Å². The lowest BCUT2D eigenvalue weighted by atomic mass is 10.1. The van der Waals surface area contributed by atoms with Gasteiger partial charge in [-0.25, -0.2) is 0 Å². The summed E-state index contributed by atoms with van der Waals surface area (Å²) >= 11 is 0. The normalized spacial score (nSPS) is 10.1. The summed E-state index contributed by atoms with van der Waals surface area (Å²) < 4.78 is 5.57. The summed E-state index contributed by atoms with van der Waals surface area (Å²) in [4.78, 5) is 24.6. The summed E-state index contributed by atoms with van der Waals surface area (Å²) in [5.41, 5.74) is 2.90. The fourth-order valence-corrected chi connectivity index (χ4v) is 2.85. The van der Waals surface area contributed by atoms with Gasteiger partial charge >= 0.3 is 0 Å². The molecule has 0 spiro atoms. The standard InChI is InChI=1S/C25H25N3O3/c1-2-16-31-23-11-7-6-10-22(23)26-18-24(29)28-21-14-12-20(13-15-21)25(30)27-17-19-8-4-3-5-9-19/h2-15,26H,1,16-18H2,(H,27,30)(H,28,29). The molecule has 0 fully saturated rings. The zero-order valence-electron chi connectivity index (χ0n) is 17.1. The zero-order valence-corrected chi connectivity index (χ0v) is 17.1. The third-order valence-corrected chi connectivity index (χ3v) is 4.41. The van der Waals surface area contributed by atoms with Crippen LogP contribution in [0.4, 0.5) is 11.4 Å². The molecule has 0 saturated heterocycles. The number of hydrogen-bond acceptors (Lipinski definition) is 4. The number of benzene rings is 3. The van der Waals surface area contributed by atoms with Crippen molar-refractivity contribution in [2.24, 2.45) is 0 Å². The number of carbonyl (C=O) groups is 2. The van der Waals surface area contributed by atoms with Gasteiger partial charge < -0.3 is 20.7 Å². The van der Waals surface area contributed by atoms with E-state index in [1.54, 1.807) is 30.3 Å². The van der Waals surface area contributed by atoms with Crippen LogP contribution in [0.1, 0.15) is 15.9 Å². The number of nitrogens with one attached hydrogen (secondary N) is 3. The van der Waals surface area contributed by atoms with Gasteiger partial charge in [0.2, 0.25) is 5.91 Å². The number of rotatable bonds is 10. The summed E-state index contributed by atoms with van der Waals surface area (Å²) in [6.45, 7) is 4.56. The summed E-state index contributed by atoms with van der Waals surface area (Å²) in [6.07, 6.45) is 1.66. The van der Waals surface area contributed by atoms with Crippen LogP contribution in [0.5, 0.6) is 5.75 Å². The van der Waals surface area contributed by atoms with E-state index >= 15 is 0 Å². The van der Waals surface area contributed by atoms with E-state index in [-0.39, 0.29) is 18.4 Å². The molecule has 31 heavy (non-hydrogen) atoms. The van der Waals surface area contributed by atoms with Gasteiger partial charge in [-0.15, -0.1) is 0 Å². The summed E-state index contributed by atoms with van der Waals surface area (Å²) in [7, 11) is 0. The lowest BCUT2D eigenvalue weighted by molar-refractivity contribution is -0.114. The average Bonchev–Trinajstić information content (AvgIpc) is 2.81. The van der Waals surface area contributed by atoms with Crippen LogP contribution in [0.15, 0.2) is 91.5 Å². The fourth-order valence-electron chi connectivity index (χ4n) is 2.85. The highest BCUT2D eigenvalue weighted by atomic mass is 16.5. The molecule has 0 atom stereocenters. The Hall–Kier alpha value is -4.06. The van der Waals surface area contributed by atoms with Crippen molar-refractivity contribution in [2.45, 2.75) is 6.54 Å². The number of amides is 2. The SMILES string of the molecule is C=CCOc1ccccc1NCC(=O)Nc1ccc(C(=O)NCc2ccccc2)cc1. The Balaban J connectivity index is 1.49. The lowest BCUT2D eigenvalue weighted by Gasteiger charge is -2.12. The van der Waals surface area contributed by atoms with Gasteiger partial charge in [0.1, 0.15) is 12.4 Å². The van der Waals surface area contributed by atoms with Crippen LogP contribution in [-0.2, 0) is 11.3 Å². The molecule has 0 radical (unpaired) electrons. The molecule has 2 amide bonds. The topological polar surface area (TPSA) is 79.5 Å². The van der Waals surface area contributed by atoms with Crippen molar-refractivity contribution in [1.29, 1.82) is 0 Å². The molecule has 6 nitrogen and oxygen atoms in total. The Morgan fingerprint density at radius 1 is 0.903 bits per heavy atom. The Kier molecular flexibility index (Phi) is 7.83. The van der Waals surface area contributed by atoms with Crippen molar-refractivity contribution in [1.82, 2.24) is 5.32 Å². The molecular weight excluding hydrogens is 390 g/mol. The molecule has 0 unspecified atom stereocenters. The monoisotopic (exact) mass is 415 g/mol. The number of ether oxygens (including phenoxy) is 1. The molecule has 3 aromatic rings. The third-order valence-electron chi connectivity index (χ3n) is 4.41. The Bertz CT molecular complexity index is 1020. The Morgan fingerprint density at radius 3 is 2.35 bits per heavy atom. The number of carbonyl (C=O) groups excluding carboxylic acids is 2. The predicted molar refractivity (Wildman–Crippen MR) is 123 cm³/mol. The van der Waals surface area contributed by atoms with Crippen LogP contribution in [0, 0.1) is 0 Å². The molecule has 0 aliphatic heterocycles. The van der Waals surface area contributed by atoms with Gasteiger partial charge in [-0.3, -0.25) is 9.59 Å². The smallest absolute Gasteiger partial charge is 0.251 e. The summed E-state index contributed by atoms with van der Waals surface area (Å²) in [6, 6.07) is 23.9. The van der Waals surface area contributed by atoms with Crippen LogP contribution in [0.2, 0.25) is 0 Å². The van der Waals surface area contributed by atoms with Crippen molar-refractivity contribution >= 4 is 23.2 Å². The first kappa shape index (κ1) is 21.6. The second-order valence-corrected chi connectivity index (χ2v) is 6.74. The molecule has 0 aliphatic rings. The predicted octanol–water partition coefficient (Wildman–Crippen LogP) is 4.23. The largest absolute Gasteiger partial charge is 0.487 e. The first-order valence-corrected chi connectivity index (χ1v) is 9.94. The van der Waals surface area contributed by atoms with Crippen LogP contribution in [0.25, 0.3) is 0 Å². The van der Waals surface area contributed by atoms with Gasteiger partial charge in [0.25, 0.3) is 5.91 Å². The minimum atomic E-state index is -0.209. The molecule has 0 aromatic heterocycles. The second kappa shape index (κ2) is 11.2. The molecule has 0 bridgehead atoms. The second-order valence-electron chi connectivity index (χ2n) is 6.74. The molecule has 0 aliphatic carbocycles. The maximum Gasteiger partial charge on any atom is 0.251 e. The number of hydrogen-bond donors (Lipinski definition) is 3. The van der Waals surface area contributed by atoms with E-state index in [0.717, 1.165) is 11.3 Å². The van der Waals surface area contributed by atoms with Crippen LogP contribution < -0.4 is 20.7 Å². The quantitative estimate of drug-likeness (QED) is 0.433. The maximum absolute atomic E-state index is 12.3. The minimum Gasteiger partial charge on any atom is -0.487 e. The lowest BCUT2D eigenvalue weighted by Crippen LogP contribution is -2.23. The number of anilines is 2. The highest BCUT2D eigenvalue weighted by molar-refractivity contribution is 5.96. The van der Waals surface area contributed by atoms with E-state index in [1.165, 1.54) is 0 Å². The average molecular weight is 415 g/mol. The molecule has 158 valence electrons. The van der Waals surface area contributed by atoms with Crippen LogP contribution in [0.3, 0.4) is 0 Å². The van der Waals surface area contributed by atoms with E-state index in [0.29, 0.717) is 30.2 Å². The van der Waals surface area contributed by atoms with Gasteiger partial charge in [0, 0.05) is 17.8 Å². The summed E-state index contributed by atoms with van der Waals surface area (Å²) in [5.74, 6) is 0.278. The molecule has 3 aromatic carbocycles. The van der Waals surface area contributed by atoms with E-state index in [2.05, 4.69) is 22.5 Å². The van der Waals surface area contributed by atoms with E-state index in [4.69, 9.17) is 4.74 Å². The third kappa shape index (κ3) is 6.75. The molecule has 3 rings (SSSR count). The molecule has 3 N–H and O–H groups in total. The van der Waals surface area contributed by atoms with E-state index in [1.807, 2.05) is 54.6 Å². The highest BCUT2D eigenvalue weighted by Crippen LogP contribution is 2.23. The van der Waals surface area contributed by atoms with Crippen molar-refractivity contribution in [3.63, 3.8) is 0 Å². The number of para-hydroxylation sites is 2. The Morgan fingerprint density at radius 2 is 1.61 bits per heavy atom. The first-order chi connectivity index (χ1) is 15.2. The minimum absolute atomic E-state index is 0.0772. The maximum atomic E-state index is 12.3. The molecule has 0 heterocycles. The first-order valence-electron chi connectivity index (χ1n) is 9.94. The van der Waals surface area contributed by atoms with Crippen LogP contribution >= 0.6 is 0 Å². The van der Waals surface area contributed by atoms with E-state index in [9.17, 15) is 9.59 Å². The van der Waals surface area contributed by atoms with Crippen molar-refractivity contribution in [3.8, 4) is 5.75 Å². The van der Waals surface area contributed by atoms with Gasteiger partial charge in [-0.05, 0) is 42.0 Å². The van der Waals surface area contributed by atoms with Gasteiger partial charge in [0.15, 0.2) is 0 Å². The molecular formula is C25H25N3O3. The van der Waals surface area contributed by atoms with Gasteiger partial charge in [0.05, 0.1) is 12.2 Å².